The van der Waals surface area contributed by atoms with E-state index in [1.165, 1.54) is 270 Å². The number of carboxylic acids is 1. The van der Waals surface area contributed by atoms with Crippen molar-refractivity contribution in [1.82, 2.24) is 0 Å². The van der Waals surface area contributed by atoms with Crippen molar-refractivity contribution in [3.8, 4) is 0 Å². The summed E-state index contributed by atoms with van der Waals surface area (Å²) in [5.74, 6) is -1.98. The van der Waals surface area contributed by atoms with E-state index < -0.39 is 18.4 Å². The highest BCUT2D eigenvalue weighted by molar-refractivity contribution is 5.71. The van der Waals surface area contributed by atoms with Crippen LogP contribution in [0.15, 0.2) is 24.3 Å². The third-order valence-electron chi connectivity index (χ3n) is 15.5. The van der Waals surface area contributed by atoms with Gasteiger partial charge in [0.25, 0.3) is 6.29 Å². The molecule has 0 bridgehead atoms. The molecule has 0 aromatic carbocycles. The zero-order valence-electron chi connectivity index (χ0n) is 52.6. The summed E-state index contributed by atoms with van der Waals surface area (Å²) in [7, 11) is 5.99. The molecule has 0 aliphatic rings. The minimum atomic E-state index is -1.51. The van der Waals surface area contributed by atoms with Gasteiger partial charge in [-0.2, -0.15) is 0 Å². The van der Waals surface area contributed by atoms with Gasteiger partial charge in [-0.1, -0.05) is 308 Å². The Labute approximate surface area is 484 Å². The van der Waals surface area contributed by atoms with Crippen molar-refractivity contribution in [3.63, 3.8) is 0 Å². The van der Waals surface area contributed by atoms with E-state index >= 15 is 0 Å². The predicted molar refractivity (Wildman–Crippen MR) is 332 cm³/mol. The number of esters is 2. The molecule has 0 saturated heterocycles. The summed E-state index contributed by atoms with van der Waals surface area (Å²) >= 11 is 0. The molecule has 0 aliphatic heterocycles. The number of carboxylic acid groups (broad SMARTS) is 1. The van der Waals surface area contributed by atoms with Crippen molar-refractivity contribution in [2.45, 2.75) is 354 Å². The van der Waals surface area contributed by atoms with Gasteiger partial charge in [0.1, 0.15) is 13.2 Å². The second kappa shape index (κ2) is 60.9. The van der Waals surface area contributed by atoms with Crippen molar-refractivity contribution >= 4 is 17.9 Å². The molecule has 460 valence electrons. The molecule has 0 spiro atoms. The number of hydrogen-bond acceptors (Lipinski definition) is 7. The standard InChI is InChI=1S/C69H131NO8/c1-6-8-10-12-14-16-18-20-22-24-26-28-30-32-34-36-38-40-42-44-46-48-50-52-54-56-58-60-67(72)78-65(64-77-69(68(73)74)75-62-61-70(3,4)5)63-76-66(71)59-57-55-53-51-49-47-45-43-41-39-37-35-33-31-29-27-25-23-21-19-17-15-13-11-9-7-2/h18,20,24,26,65,69H,6-17,19,21-23,25,27-64H2,1-5H3/p+1/b20-18-,26-24-. The summed E-state index contributed by atoms with van der Waals surface area (Å²) in [4.78, 5) is 37.6. The van der Waals surface area contributed by atoms with Crippen LogP contribution in [0.4, 0.5) is 0 Å². The lowest BCUT2D eigenvalue weighted by Gasteiger charge is -2.25. The monoisotopic (exact) mass is 1100 g/mol. The molecule has 1 N–H and O–H groups in total. The molecule has 0 aromatic rings. The number of rotatable bonds is 64. The van der Waals surface area contributed by atoms with Crippen LogP contribution in [-0.4, -0.2) is 87.4 Å². The summed E-state index contributed by atoms with van der Waals surface area (Å²) < 4.78 is 23.0. The molecule has 0 heterocycles. The lowest BCUT2D eigenvalue weighted by atomic mass is 10.0. The third kappa shape index (κ3) is 61.4. The Morgan fingerprint density at radius 2 is 0.692 bits per heavy atom. The van der Waals surface area contributed by atoms with Crippen LogP contribution in [0.5, 0.6) is 0 Å². The van der Waals surface area contributed by atoms with E-state index in [9.17, 15) is 19.5 Å². The quantitative estimate of drug-likeness (QED) is 0.0211. The van der Waals surface area contributed by atoms with Crippen molar-refractivity contribution in [2.24, 2.45) is 0 Å². The highest BCUT2D eigenvalue weighted by Gasteiger charge is 2.25. The van der Waals surface area contributed by atoms with Crippen LogP contribution in [0.25, 0.3) is 0 Å². The molecule has 2 unspecified atom stereocenters. The molecular weight excluding hydrogens is 971 g/mol. The largest absolute Gasteiger partial charge is 0.477 e. The van der Waals surface area contributed by atoms with E-state index in [1.54, 1.807) is 0 Å². The van der Waals surface area contributed by atoms with Crippen LogP contribution in [0.2, 0.25) is 0 Å². The van der Waals surface area contributed by atoms with E-state index in [0.717, 1.165) is 44.9 Å². The zero-order valence-corrected chi connectivity index (χ0v) is 52.6. The molecule has 0 aromatic heterocycles. The van der Waals surface area contributed by atoms with E-state index in [-0.39, 0.29) is 38.2 Å². The lowest BCUT2D eigenvalue weighted by molar-refractivity contribution is -0.870. The molecule has 2 atom stereocenters. The number of quaternary nitrogens is 1. The molecule has 0 rings (SSSR count). The van der Waals surface area contributed by atoms with Crippen molar-refractivity contribution in [1.29, 1.82) is 0 Å². The van der Waals surface area contributed by atoms with Gasteiger partial charge in [0, 0.05) is 12.8 Å². The van der Waals surface area contributed by atoms with Gasteiger partial charge in [0.2, 0.25) is 0 Å². The molecule has 0 aliphatic carbocycles. The summed E-state index contributed by atoms with van der Waals surface area (Å²) in [5.41, 5.74) is 0. The fourth-order valence-corrected chi connectivity index (χ4v) is 10.2. The molecule has 0 radical (unpaired) electrons. The van der Waals surface area contributed by atoms with Crippen LogP contribution in [-0.2, 0) is 33.3 Å². The zero-order chi connectivity index (χ0) is 56.9. The van der Waals surface area contributed by atoms with Gasteiger partial charge in [-0.3, -0.25) is 9.59 Å². The number of ether oxygens (including phenoxy) is 4. The number of carbonyl (C=O) groups excluding carboxylic acids is 2. The number of unbranched alkanes of at least 4 members (excludes halogenated alkanes) is 45. The maximum atomic E-state index is 12.9. The Bertz CT molecular complexity index is 1330. The Balaban J connectivity index is 4.09. The first kappa shape index (κ1) is 75.8. The molecular formula is C69H132NO8+. The average molecular weight is 1100 g/mol. The SMILES string of the molecule is CCCCCCC/C=C\C/C=C\CCCCCCCCCCCCCCCCCC(=O)OC(COC(=O)CCCCCCCCCCCCCCCCCCCCCCCCCCCC)COC(OCC[N+](C)(C)C)C(=O)O. The molecule has 78 heavy (non-hydrogen) atoms. The fraction of sp³-hybridized carbons (Fsp3) is 0.899. The summed E-state index contributed by atoms with van der Waals surface area (Å²) in [6.45, 7) is 4.94. The summed E-state index contributed by atoms with van der Waals surface area (Å²) in [6.07, 6.45) is 71.4. The van der Waals surface area contributed by atoms with Crippen molar-refractivity contribution < 1.29 is 42.9 Å². The number of allylic oxidation sites excluding steroid dienone is 4. The maximum Gasteiger partial charge on any atom is 0.361 e. The van der Waals surface area contributed by atoms with Gasteiger partial charge in [-0.05, 0) is 44.9 Å². The highest BCUT2D eigenvalue weighted by Crippen LogP contribution is 2.19. The van der Waals surface area contributed by atoms with Gasteiger partial charge in [-0.15, -0.1) is 0 Å². The molecule has 0 saturated carbocycles. The second-order valence-electron chi connectivity index (χ2n) is 24.5. The molecule has 0 amide bonds. The molecule has 9 nitrogen and oxygen atoms in total. The van der Waals surface area contributed by atoms with E-state index in [0.29, 0.717) is 17.4 Å². The number of aliphatic carboxylic acids is 1. The number of likely N-dealkylation sites (N-methyl/N-ethyl adjacent to an activating group) is 1. The topological polar surface area (TPSA) is 108 Å². The summed E-state index contributed by atoms with van der Waals surface area (Å²) in [5, 5.41) is 9.74. The minimum absolute atomic E-state index is 0.175. The first-order chi connectivity index (χ1) is 38.1. The van der Waals surface area contributed by atoms with Gasteiger partial charge in [0.15, 0.2) is 6.10 Å². The van der Waals surface area contributed by atoms with E-state index in [1.807, 2.05) is 21.1 Å². The minimum Gasteiger partial charge on any atom is -0.477 e. The predicted octanol–water partition coefficient (Wildman–Crippen LogP) is 20.6. The van der Waals surface area contributed by atoms with E-state index in [4.69, 9.17) is 18.9 Å². The third-order valence-corrected chi connectivity index (χ3v) is 15.5. The van der Waals surface area contributed by atoms with Crippen molar-refractivity contribution in [3.05, 3.63) is 24.3 Å². The summed E-state index contributed by atoms with van der Waals surface area (Å²) in [6, 6.07) is 0. The second-order valence-corrected chi connectivity index (χ2v) is 24.5. The van der Waals surface area contributed by atoms with Crippen LogP contribution < -0.4 is 0 Å². The van der Waals surface area contributed by atoms with Gasteiger partial charge in [-0.25, -0.2) is 4.79 Å². The Hall–Kier alpha value is -2.23. The Morgan fingerprint density at radius 3 is 1.01 bits per heavy atom. The average Bonchev–Trinajstić information content (AvgIpc) is 3.41. The Morgan fingerprint density at radius 1 is 0.385 bits per heavy atom. The van der Waals surface area contributed by atoms with Crippen LogP contribution in [0.1, 0.15) is 341 Å². The van der Waals surface area contributed by atoms with Crippen molar-refractivity contribution in [2.75, 3.05) is 47.5 Å². The Kier molecular flexibility index (Phi) is 59.1. The smallest absolute Gasteiger partial charge is 0.361 e. The maximum absolute atomic E-state index is 12.9. The number of carbonyl (C=O) groups is 3. The van der Waals surface area contributed by atoms with Gasteiger partial charge < -0.3 is 28.5 Å². The van der Waals surface area contributed by atoms with Gasteiger partial charge in [0.05, 0.1) is 34.4 Å². The van der Waals surface area contributed by atoms with E-state index in [2.05, 4.69) is 38.2 Å². The lowest BCUT2D eigenvalue weighted by Crippen LogP contribution is -2.40. The first-order valence-corrected chi connectivity index (χ1v) is 34.0. The first-order valence-electron chi connectivity index (χ1n) is 34.0. The molecule has 0 fully saturated rings. The van der Waals surface area contributed by atoms with Crippen LogP contribution in [0, 0.1) is 0 Å². The normalized spacial score (nSPS) is 12.8. The number of hydrogen-bond donors (Lipinski definition) is 1. The van der Waals surface area contributed by atoms with Crippen LogP contribution in [0.3, 0.4) is 0 Å². The highest BCUT2D eigenvalue weighted by atomic mass is 16.7. The number of nitrogens with zero attached hydrogens (tertiary/aromatic N) is 1. The van der Waals surface area contributed by atoms with Crippen LogP contribution >= 0.6 is 0 Å². The molecule has 9 heteroatoms. The van der Waals surface area contributed by atoms with Gasteiger partial charge >= 0.3 is 17.9 Å². The fourth-order valence-electron chi connectivity index (χ4n) is 10.2.